The molecule has 106 valence electrons. The van der Waals surface area contributed by atoms with Crippen LogP contribution >= 0.6 is 0 Å². The molecule has 0 saturated heterocycles. The first-order valence-electron chi connectivity index (χ1n) is 6.64. The molecule has 1 amide bonds. The molecule has 0 fully saturated rings. The molecule has 0 bridgehead atoms. The number of nitrogens with two attached hydrogens (primary N) is 1. The van der Waals surface area contributed by atoms with Gasteiger partial charge in [0.15, 0.2) is 0 Å². The highest BCUT2D eigenvalue weighted by molar-refractivity contribution is 6.00. The number of benzene rings is 1. The normalized spacial score (nSPS) is 10.7. The van der Waals surface area contributed by atoms with Crippen molar-refractivity contribution in [2.24, 2.45) is 0 Å². The Morgan fingerprint density at radius 3 is 2.86 bits per heavy atom. The quantitative estimate of drug-likeness (QED) is 0.705. The number of carbonyl (C=O) groups is 1. The van der Waals surface area contributed by atoms with Gasteiger partial charge in [0.05, 0.1) is 23.5 Å². The molecular formula is C15H15N5O. The van der Waals surface area contributed by atoms with Gasteiger partial charge in [0.25, 0.3) is 5.91 Å². The first-order chi connectivity index (χ1) is 10.2. The molecule has 3 N–H and O–H groups in total. The highest BCUT2D eigenvalue weighted by Crippen LogP contribution is 2.09. The summed E-state index contributed by atoms with van der Waals surface area (Å²) in [5.41, 5.74) is 8.73. The maximum Gasteiger partial charge on any atom is 0.255 e. The van der Waals surface area contributed by atoms with E-state index in [2.05, 4.69) is 15.4 Å². The molecule has 2 aromatic heterocycles. The van der Waals surface area contributed by atoms with Crippen LogP contribution < -0.4 is 11.1 Å². The number of hydrogen-bond donors (Lipinski definition) is 2. The summed E-state index contributed by atoms with van der Waals surface area (Å²) >= 11 is 0. The van der Waals surface area contributed by atoms with Crippen LogP contribution in [0.5, 0.6) is 0 Å². The maximum absolute atomic E-state index is 12.2. The lowest BCUT2D eigenvalue weighted by atomic mass is 10.1. The highest BCUT2D eigenvalue weighted by atomic mass is 16.1. The summed E-state index contributed by atoms with van der Waals surface area (Å²) in [5, 5.41) is 7.01. The average molecular weight is 281 g/mol. The van der Waals surface area contributed by atoms with Crippen molar-refractivity contribution >= 4 is 17.1 Å². The summed E-state index contributed by atoms with van der Waals surface area (Å²) in [6.45, 7) is 0.556. The second kappa shape index (κ2) is 5.62. The largest absolute Gasteiger partial charge is 0.399 e. The Hall–Kier alpha value is -2.89. The fraction of sp³-hybridized carbons (Fsp3) is 0.133. The summed E-state index contributed by atoms with van der Waals surface area (Å²) in [7, 11) is 0. The van der Waals surface area contributed by atoms with Gasteiger partial charge in [0.2, 0.25) is 0 Å². The fourth-order valence-corrected chi connectivity index (χ4v) is 2.11. The zero-order valence-electron chi connectivity index (χ0n) is 11.4. The fourth-order valence-electron chi connectivity index (χ4n) is 2.11. The number of nitrogens with zero attached hydrogens (tertiary/aromatic N) is 3. The third-order valence-corrected chi connectivity index (χ3v) is 3.25. The van der Waals surface area contributed by atoms with Crippen molar-refractivity contribution in [1.82, 2.24) is 19.9 Å². The third kappa shape index (κ3) is 2.84. The van der Waals surface area contributed by atoms with Crippen LogP contribution in [0.1, 0.15) is 15.9 Å². The van der Waals surface area contributed by atoms with E-state index < -0.39 is 0 Å². The number of nitrogens with one attached hydrogen (secondary N) is 1. The summed E-state index contributed by atoms with van der Waals surface area (Å²) in [6, 6.07) is 7.63. The van der Waals surface area contributed by atoms with Gasteiger partial charge < -0.3 is 11.1 Å². The van der Waals surface area contributed by atoms with E-state index in [9.17, 15) is 4.79 Å². The van der Waals surface area contributed by atoms with Gasteiger partial charge >= 0.3 is 0 Å². The van der Waals surface area contributed by atoms with E-state index in [1.807, 2.05) is 24.3 Å². The number of fused-ring (bicyclic) bond motifs is 1. The van der Waals surface area contributed by atoms with Gasteiger partial charge in [0, 0.05) is 24.6 Å². The molecule has 0 aliphatic rings. The minimum Gasteiger partial charge on any atom is -0.399 e. The molecule has 0 aliphatic heterocycles. The van der Waals surface area contributed by atoms with Crippen LogP contribution in [-0.2, 0) is 6.42 Å². The summed E-state index contributed by atoms with van der Waals surface area (Å²) in [6.07, 6.45) is 7.27. The highest BCUT2D eigenvalue weighted by Gasteiger charge is 2.11. The first kappa shape index (κ1) is 13.1. The zero-order valence-corrected chi connectivity index (χ0v) is 11.4. The second-order valence-electron chi connectivity index (χ2n) is 4.71. The molecule has 0 radical (unpaired) electrons. The van der Waals surface area contributed by atoms with Gasteiger partial charge in [-0.3, -0.25) is 9.78 Å². The Bertz CT molecular complexity index is 763. The van der Waals surface area contributed by atoms with Crippen molar-refractivity contribution in [2.75, 3.05) is 12.3 Å². The summed E-state index contributed by atoms with van der Waals surface area (Å²) in [5.74, 6) is -0.145. The molecular weight excluding hydrogens is 266 g/mol. The van der Waals surface area contributed by atoms with Crippen LogP contribution in [-0.4, -0.2) is 27.0 Å². The first-order valence-corrected chi connectivity index (χ1v) is 6.64. The molecule has 6 nitrogen and oxygen atoms in total. The lowest BCUT2D eigenvalue weighted by Gasteiger charge is -2.05. The number of nitrogen functional groups attached to an aromatic ring is 1. The van der Waals surface area contributed by atoms with Gasteiger partial charge in [-0.15, -0.1) is 0 Å². The Kier molecular flexibility index (Phi) is 3.51. The molecule has 3 aromatic rings. The van der Waals surface area contributed by atoms with Crippen LogP contribution in [0.4, 0.5) is 5.69 Å². The van der Waals surface area contributed by atoms with Crippen molar-refractivity contribution in [1.29, 1.82) is 0 Å². The predicted molar refractivity (Wildman–Crippen MR) is 79.9 cm³/mol. The minimum atomic E-state index is -0.145. The smallest absolute Gasteiger partial charge is 0.255 e. The van der Waals surface area contributed by atoms with Crippen molar-refractivity contribution < 1.29 is 4.79 Å². The molecule has 21 heavy (non-hydrogen) atoms. The monoisotopic (exact) mass is 281 g/mol. The van der Waals surface area contributed by atoms with E-state index in [0.29, 0.717) is 17.6 Å². The van der Waals surface area contributed by atoms with E-state index in [4.69, 9.17) is 5.73 Å². The van der Waals surface area contributed by atoms with Crippen LogP contribution in [0.25, 0.3) is 5.52 Å². The summed E-state index contributed by atoms with van der Waals surface area (Å²) < 4.78 is 1.63. The van der Waals surface area contributed by atoms with E-state index in [0.717, 1.165) is 17.7 Å². The van der Waals surface area contributed by atoms with Crippen molar-refractivity contribution in [3.05, 3.63) is 60.2 Å². The minimum absolute atomic E-state index is 0.145. The number of aromatic nitrogens is 3. The number of rotatable bonds is 4. The van der Waals surface area contributed by atoms with Gasteiger partial charge in [-0.2, -0.15) is 5.10 Å². The average Bonchev–Trinajstić information content (AvgIpc) is 2.93. The van der Waals surface area contributed by atoms with Crippen molar-refractivity contribution in [3.63, 3.8) is 0 Å². The lowest BCUT2D eigenvalue weighted by molar-refractivity contribution is 0.0955. The number of carbonyl (C=O) groups excluding carboxylic acids is 1. The zero-order chi connectivity index (χ0) is 14.7. The molecule has 6 heteroatoms. The molecule has 0 atom stereocenters. The van der Waals surface area contributed by atoms with Gasteiger partial charge in [-0.1, -0.05) is 12.1 Å². The van der Waals surface area contributed by atoms with Crippen LogP contribution in [0.2, 0.25) is 0 Å². The third-order valence-electron chi connectivity index (χ3n) is 3.25. The molecule has 0 saturated carbocycles. The maximum atomic E-state index is 12.2. The van der Waals surface area contributed by atoms with Gasteiger partial charge in [0.1, 0.15) is 0 Å². The molecule has 0 unspecified atom stereocenters. The van der Waals surface area contributed by atoms with E-state index in [1.165, 1.54) is 0 Å². The standard InChI is InChI=1S/C15H15N5O/c16-12-3-1-11(2-4-12)5-6-18-15(21)13-9-19-20-8-7-17-10-14(13)20/h1-4,7-10H,5-6,16H2,(H,18,21). The van der Waals surface area contributed by atoms with Gasteiger partial charge in [-0.05, 0) is 24.1 Å². The molecule has 2 heterocycles. The van der Waals surface area contributed by atoms with Crippen LogP contribution in [0.15, 0.2) is 49.1 Å². The Balaban J connectivity index is 1.63. The van der Waals surface area contributed by atoms with Gasteiger partial charge in [-0.25, -0.2) is 4.52 Å². The van der Waals surface area contributed by atoms with E-state index >= 15 is 0 Å². The number of amides is 1. The van der Waals surface area contributed by atoms with E-state index in [-0.39, 0.29) is 5.91 Å². The van der Waals surface area contributed by atoms with Crippen LogP contribution in [0, 0.1) is 0 Å². The van der Waals surface area contributed by atoms with Crippen molar-refractivity contribution in [2.45, 2.75) is 6.42 Å². The molecule has 0 spiro atoms. The lowest BCUT2D eigenvalue weighted by Crippen LogP contribution is -2.25. The Morgan fingerprint density at radius 2 is 2.05 bits per heavy atom. The van der Waals surface area contributed by atoms with Crippen LogP contribution in [0.3, 0.4) is 0 Å². The topological polar surface area (TPSA) is 85.3 Å². The second-order valence-corrected chi connectivity index (χ2v) is 4.71. The SMILES string of the molecule is Nc1ccc(CCNC(=O)c2cnn3ccncc23)cc1. The van der Waals surface area contributed by atoms with E-state index in [1.54, 1.807) is 29.3 Å². The number of hydrogen-bond acceptors (Lipinski definition) is 4. The Morgan fingerprint density at radius 1 is 1.24 bits per heavy atom. The molecule has 3 rings (SSSR count). The Labute approximate surface area is 121 Å². The van der Waals surface area contributed by atoms with Crippen molar-refractivity contribution in [3.8, 4) is 0 Å². The predicted octanol–water partition coefficient (Wildman–Crippen LogP) is 1.28. The molecule has 0 aliphatic carbocycles. The molecule has 1 aromatic carbocycles. The summed E-state index contributed by atoms with van der Waals surface area (Å²) in [4.78, 5) is 16.2. The number of anilines is 1.